The van der Waals surface area contributed by atoms with Crippen molar-refractivity contribution >= 4 is 29.3 Å². The van der Waals surface area contributed by atoms with Gasteiger partial charge in [-0.3, -0.25) is 14.5 Å². The summed E-state index contributed by atoms with van der Waals surface area (Å²) in [7, 11) is 0. The molecule has 0 spiro atoms. The zero-order valence-corrected chi connectivity index (χ0v) is 17.4. The maximum atomic E-state index is 13.3. The Morgan fingerprint density at radius 3 is 2.57 bits per heavy atom. The van der Waals surface area contributed by atoms with Crippen molar-refractivity contribution in [2.24, 2.45) is 17.3 Å². The van der Waals surface area contributed by atoms with E-state index in [1.54, 1.807) is 6.20 Å². The fourth-order valence-corrected chi connectivity index (χ4v) is 6.77. The molecule has 28 heavy (non-hydrogen) atoms. The third-order valence-electron chi connectivity index (χ3n) is 6.95. The zero-order valence-electron chi connectivity index (χ0n) is 16.6. The van der Waals surface area contributed by atoms with Crippen LogP contribution in [0.1, 0.15) is 64.9 Å². The lowest BCUT2D eigenvalue weighted by Gasteiger charge is -2.63. The first-order chi connectivity index (χ1) is 13.1. The average Bonchev–Trinajstić information content (AvgIpc) is 2.87. The summed E-state index contributed by atoms with van der Waals surface area (Å²) in [5.41, 5.74) is -0.528. The maximum Gasteiger partial charge on any atom is 0.312 e. The minimum absolute atomic E-state index is 0.0489. The molecule has 4 aliphatic carbocycles. The number of amides is 1. The number of ether oxygens (including phenoxy) is 1. The number of hydrogen-bond donors (Lipinski definition) is 0. The molecule has 0 saturated heterocycles. The van der Waals surface area contributed by atoms with Crippen LogP contribution in [0.2, 0.25) is 5.28 Å². The maximum absolute atomic E-state index is 13.3. The SMILES string of the molecule is CC(C)(C)OC(=O)C12CC3CC(C1)CC(N1C(=O)Cc4cnc(Cl)nc41)(C3)C2. The van der Waals surface area contributed by atoms with Gasteiger partial charge in [-0.2, -0.15) is 4.98 Å². The fraction of sp³-hybridized carbons (Fsp3) is 0.714. The second kappa shape index (κ2) is 5.68. The van der Waals surface area contributed by atoms with Crippen LogP contribution in [-0.4, -0.2) is 33.0 Å². The Balaban J connectivity index is 1.55. The van der Waals surface area contributed by atoms with Crippen LogP contribution in [0.25, 0.3) is 0 Å². The summed E-state index contributed by atoms with van der Waals surface area (Å²) >= 11 is 6.06. The Kier molecular flexibility index (Phi) is 3.72. The highest BCUT2D eigenvalue weighted by atomic mass is 35.5. The lowest BCUT2D eigenvalue weighted by atomic mass is 9.46. The van der Waals surface area contributed by atoms with Gasteiger partial charge >= 0.3 is 5.97 Å². The monoisotopic (exact) mass is 403 g/mol. The van der Waals surface area contributed by atoms with E-state index >= 15 is 0 Å². The highest BCUT2D eigenvalue weighted by molar-refractivity contribution is 6.28. The highest BCUT2D eigenvalue weighted by Gasteiger charge is 2.65. The number of carbonyl (C=O) groups excluding carboxylic acids is 2. The number of esters is 1. The number of fused-ring (bicyclic) bond motifs is 1. The Bertz CT molecular complexity index is 864. The summed E-state index contributed by atoms with van der Waals surface area (Å²) in [6.07, 6.45) is 7.39. The second-order valence-corrected chi connectivity index (χ2v) is 10.7. The lowest BCUT2D eigenvalue weighted by molar-refractivity contribution is -0.184. The van der Waals surface area contributed by atoms with Gasteiger partial charge in [0.25, 0.3) is 0 Å². The molecule has 2 unspecified atom stereocenters. The van der Waals surface area contributed by atoms with Crippen LogP contribution in [0.4, 0.5) is 5.82 Å². The summed E-state index contributed by atoms with van der Waals surface area (Å²) in [5.74, 6) is 1.50. The molecule has 150 valence electrons. The van der Waals surface area contributed by atoms with Crippen LogP contribution in [0.3, 0.4) is 0 Å². The van der Waals surface area contributed by atoms with Gasteiger partial charge in [-0.1, -0.05) is 0 Å². The number of rotatable bonds is 2. The number of hydrogen-bond acceptors (Lipinski definition) is 5. The van der Waals surface area contributed by atoms with Gasteiger partial charge in [0.1, 0.15) is 11.4 Å². The minimum atomic E-state index is -0.510. The number of nitrogens with zero attached hydrogens (tertiary/aromatic N) is 3. The molecule has 0 N–H and O–H groups in total. The van der Waals surface area contributed by atoms with Gasteiger partial charge < -0.3 is 4.74 Å². The van der Waals surface area contributed by atoms with Crippen LogP contribution in [0.15, 0.2) is 6.20 Å². The van der Waals surface area contributed by atoms with E-state index < -0.39 is 11.0 Å². The summed E-state index contributed by atoms with van der Waals surface area (Å²) in [6.45, 7) is 5.75. The molecule has 1 aliphatic heterocycles. The van der Waals surface area contributed by atoms with Gasteiger partial charge in [0, 0.05) is 11.8 Å². The molecular weight excluding hydrogens is 378 g/mol. The van der Waals surface area contributed by atoms with Gasteiger partial charge in [0.05, 0.1) is 17.4 Å². The van der Waals surface area contributed by atoms with Crippen LogP contribution < -0.4 is 4.90 Å². The van der Waals surface area contributed by atoms with Crippen molar-refractivity contribution < 1.29 is 14.3 Å². The Labute approximate surface area is 170 Å². The van der Waals surface area contributed by atoms with Crippen LogP contribution in [-0.2, 0) is 20.7 Å². The van der Waals surface area contributed by atoms with Crippen molar-refractivity contribution in [1.29, 1.82) is 0 Å². The van der Waals surface area contributed by atoms with Crippen molar-refractivity contribution in [3.63, 3.8) is 0 Å². The van der Waals surface area contributed by atoms with E-state index in [1.165, 1.54) is 0 Å². The molecule has 1 aromatic heterocycles. The van der Waals surface area contributed by atoms with Gasteiger partial charge in [0.2, 0.25) is 11.2 Å². The summed E-state index contributed by atoms with van der Waals surface area (Å²) in [6, 6.07) is 0. The van der Waals surface area contributed by atoms with Crippen molar-refractivity contribution in [3.05, 3.63) is 17.0 Å². The standard InChI is InChI=1S/C21H26ClN3O3/c1-19(2,3)28-17(27)20-6-12-4-13(7-20)9-21(8-12,11-20)25-15(26)5-14-10-23-18(22)24-16(14)25/h10,12-13H,4-9,11H2,1-3H3. The zero-order chi connectivity index (χ0) is 19.9. The summed E-state index contributed by atoms with van der Waals surface area (Å²) in [5, 5.41) is 0.157. The van der Waals surface area contributed by atoms with E-state index in [0.29, 0.717) is 30.5 Å². The molecule has 2 atom stereocenters. The molecule has 2 heterocycles. The number of carbonyl (C=O) groups is 2. The Morgan fingerprint density at radius 2 is 1.93 bits per heavy atom. The third kappa shape index (κ3) is 2.67. The Morgan fingerprint density at radius 1 is 1.25 bits per heavy atom. The van der Waals surface area contributed by atoms with E-state index in [-0.39, 0.29) is 22.7 Å². The average molecular weight is 404 g/mol. The molecule has 6 nitrogen and oxygen atoms in total. The third-order valence-corrected chi connectivity index (χ3v) is 7.13. The fourth-order valence-electron chi connectivity index (χ4n) is 6.65. The van der Waals surface area contributed by atoms with Crippen LogP contribution >= 0.6 is 11.6 Å². The first kappa shape index (κ1) is 18.3. The largest absolute Gasteiger partial charge is 0.460 e. The molecule has 4 fully saturated rings. The predicted octanol–water partition coefficient (Wildman–Crippen LogP) is 3.70. The Hall–Kier alpha value is -1.69. The topological polar surface area (TPSA) is 72.4 Å². The first-order valence-corrected chi connectivity index (χ1v) is 10.5. The molecule has 7 heteroatoms. The van der Waals surface area contributed by atoms with Crippen LogP contribution in [0, 0.1) is 17.3 Å². The minimum Gasteiger partial charge on any atom is -0.460 e. The van der Waals surface area contributed by atoms with Gasteiger partial charge in [-0.25, -0.2) is 4.98 Å². The normalized spacial score (nSPS) is 36.0. The van der Waals surface area contributed by atoms with E-state index in [2.05, 4.69) is 9.97 Å². The van der Waals surface area contributed by atoms with Crippen molar-refractivity contribution in [1.82, 2.24) is 9.97 Å². The first-order valence-electron chi connectivity index (χ1n) is 10.2. The van der Waals surface area contributed by atoms with Gasteiger partial charge in [0.15, 0.2) is 0 Å². The molecule has 0 radical (unpaired) electrons. The molecule has 0 aromatic carbocycles. The van der Waals surface area contributed by atoms with Gasteiger partial charge in [-0.05, 0) is 82.7 Å². The van der Waals surface area contributed by atoms with Crippen molar-refractivity contribution in [2.45, 2.75) is 76.9 Å². The summed E-state index contributed by atoms with van der Waals surface area (Å²) < 4.78 is 5.86. The molecule has 4 saturated carbocycles. The molecule has 1 amide bonds. The van der Waals surface area contributed by atoms with E-state index in [4.69, 9.17) is 16.3 Å². The molecule has 6 rings (SSSR count). The van der Waals surface area contributed by atoms with E-state index in [0.717, 1.165) is 37.7 Å². The number of halogens is 1. The van der Waals surface area contributed by atoms with Gasteiger partial charge in [-0.15, -0.1) is 0 Å². The molecule has 4 bridgehead atoms. The highest BCUT2D eigenvalue weighted by Crippen LogP contribution is 2.64. The number of anilines is 1. The van der Waals surface area contributed by atoms with E-state index in [9.17, 15) is 9.59 Å². The molecule has 1 aromatic rings. The van der Waals surface area contributed by atoms with Crippen molar-refractivity contribution in [2.75, 3.05) is 4.90 Å². The summed E-state index contributed by atoms with van der Waals surface area (Å²) in [4.78, 5) is 36.7. The predicted molar refractivity (Wildman–Crippen MR) is 104 cm³/mol. The second-order valence-electron chi connectivity index (χ2n) is 10.4. The quantitative estimate of drug-likeness (QED) is 0.556. The smallest absolute Gasteiger partial charge is 0.312 e. The van der Waals surface area contributed by atoms with E-state index in [1.807, 2.05) is 25.7 Å². The van der Waals surface area contributed by atoms with Crippen molar-refractivity contribution in [3.8, 4) is 0 Å². The lowest BCUT2D eigenvalue weighted by Crippen LogP contribution is -2.66. The molecular formula is C21H26ClN3O3. The molecule has 5 aliphatic rings. The number of aromatic nitrogens is 2. The van der Waals surface area contributed by atoms with Crippen LogP contribution in [0.5, 0.6) is 0 Å².